The first kappa shape index (κ1) is 23.6. The summed E-state index contributed by atoms with van der Waals surface area (Å²) in [5, 5.41) is 0. The fraction of sp³-hybridized carbons (Fsp3) is 0.391. The highest BCUT2D eigenvalue weighted by molar-refractivity contribution is 7.90. The van der Waals surface area contributed by atoms with E-state index in [-0.39, 0.29) is 29.5 Å². The minimum absolute atomic E-state index is 0.150. The lowest BCUT2D eigenvalue weighted by molar-refractivity contribution is -0.117. The van der Waals surface area contributed by atoms with Gasteiger partial charge in [-0.05, 0) is 44.5 Å². The number of amides is 2. The van der Waals surface area contributed by atoms with Gasteiger partial charge < -0.3 is 14.4 Å². The Balaban J connectivity index is 2.20. The van der Waals surface area contributed by atoms with Gasteiger partial charge in [0.1, 0.15) is 5.75 Å². The molecule has 2 aromatic carbocycles. The number of sulfone groups is 1. The van der Waals surface area contributed by atoms with Crippen molar-refractivity contribution >= 4 is 33.2 Å². The van der Waals surface area contributed by atoms with Gasteiger partial charge in [0.25, 0.3) is 0 Å². The average Bonchev–Trinajstić information content (AvgIpc) is 2.70. The molecule has 0 spiro atoms. The maximum Gasteiger partial charge on any atom is 0.414 e. The Morgan fingerprint density at radius 2 is 1.72 bits per heavy atom. The highest BCUT2D eigenvalue weighted by atomic mass is 32.2. The maximum absolute atomic E-state index is 12.9. The third-order valence-corrected chi connectivity index (χ3v) is 6.35. The van der Waals surface area contributed by atoms with Crippen molar-refractivity contribution in [3.05, 3.63) is 36.4 Å². The molecule has 0 aromatic heterocycles. The van der Waals surface area contributed by atoms with Crippen molar-refractivity contribution in [2.75, 3.05) is 29.7 Å². The summed E-state index contributed by atoms with van der Waals surface area (Å²) in [5.74, 6) is 0.344. The molecule has 1 atom stereocenters. The quantitative estimate of drug-likeness (QED) is 0.688. The molecular weight excluding hydrogens is 432 g/mol. The number of nitrogens with zero attached hydrogens (tertiary/aromatic N) is 2. The van der Waals surface area contributed by atoms with Gasteiger partial charge in [0, 0.05) is 31.4 Å². The lowest BCUT2D eigenvalue weighted by Crippen LogP contribution is -2.51. The van der Waals surface area contributed by atoms with Crippen molar-refractivity contribution in [2.45, 2.75) is 44.7 Å². The minimum Gasteiger partial charge on any atom is -0.496 e. The molecule has 0 bridgehead atoms. The largest absolute Gasteiger partial charge is 0.496 e. The molecule has 2 amide bonds. The van der Waals surface area contributed by atoms with Crippen LogP contribution < -0.4 is 14.5 Å². The topological polar surface area (TPSA) is 93.2 Å². The van der Waals surface area contributed by atoms with Crippen LogP contribution in [0.5, 0.6) is 5.75 Å². The zero-order chi connectivity index (χ0) is 23.8. The van der Waals surface area contributed by atoms with Crippen molar-refractivity contribution in [1.29, 1.82) is 0 Å². The predicted octanol–water partition coefficient (Wildman–Crippen LogP) is 3.87. The molecular formula is C23H28N2O6S. The minimum atomic E-state index is -3.33. The summed E-state index contributed by atoms with van der Waals surface area (Å²) in [6.07, 6.45) is 0.352. The fourth-order valence-corrected chi connectivity index (χ4v) is 4.47. The van der Waals surface area contributed by atoms with Crippen LogP contribution in [0.2, 0.25) is 0 Å². The van der Waals surface area contributed by atoms with E-state index in [0.29, 0.717) is 28.3 Å². The Morgan fingerprint density at radius 3 is 2.22 bits per heavy atom. The number of methoxy groups -OCH3 is 1. The number of hydrogen-bond donors (Lipinski definition) is 0. The standard InChI is InChI=1S/C23H28N2O6S/c1-14(2)31-23(27)24-13-15(3)25(16(4)26)21-12-22(30-5)19(11-20(21)24)17-7-9-18(10-8-17)32(6,28)29/h7-12,14-15H,13H2,1-6H3. The van der Waals surface area contributed by atoms with Crippen LogP contribution in [0.4, 0.5) is 16.2 Å². The van der Waals surface area contributed by atoms with E-state index in [4.69, 9.17) is 9.47 Å². The molecule has 8 nitrogen and oxygen atoms in total. The Morgan fingerprint density at radius 1 is 1.09 bits per heavy atom. The molecule has 9 heteroatoms. The highest BCUT2D eigenvalue weighted by Gasteiger charge is 2.36. The molecule has 1 heterocycles. The van der Waals surface area contributed by atoms with Crippen LogP contribution >= 0.6 is 0 Å². The summed E-state index contributed by atoms with van der Waals surface area (Å²) in [4.78, 5) is 28.6. The number of anilines is 2. The Labute approximate surface area is 188 Å². The van der Waals surface area contributed by atoms with Crippen LogP contribution in [0.15, 0.2) is 41.3 Å². The zero-order valence-corrected chi connectivity index (χ0v) is 19.9. The van der Waals surface area contributed by atoms with Crippen molar-refractivity contribution in [1.82, 2.24) is 0 Å². The summed E-state index contributed by atoms with van der Waals surface area (Å²) in [6.45, 7) is 7.17. The highest BCUT2D eigenvalue weighted by Crippen LogP contribution is 2.44. The fourth-order valence-electron chi connectivity index (χ4n) is 3.84. The number of benzene rings is 2. The summed E-state index contributed by atoms with van der Waals surface area (Å²) >= 11 is 0. The zero-order valence-electron chi connectivity index (χ0n) is 19.1. The summed E-state index contributed by atoms with van der Waals surface area (Å²) < 4.78 is 34.7. The van der Waals surface area contributed by atoms with Crippen LogP contribution in [0, 0.1) is 0 Å². The Bertz CT molecular complexity index is 1140. The molecule has 1 aliphatic rings. The molecule has 1 aliphatic heterocycles. The number of carbonyl (C=O) groups is 2. The molecule has 0 saturated heterocycles. The van der Waals surface area contributed by atoms with Crippen LogP contribution in [-0.4, -0.2) is 52.5 Å². The molecule has 0 fully saturated rings. The third-order valence-electron chi connectivity index (χ3n) is 5.22. The Hall–Kier alpha value is -3.07. The van der Waals surface area contributed by atoms with Gasteiger partial charge in [-0.3, -0.25) is 9.69 Å². The van der Waals surface area contributed by atoms with Crippen LogP contribution in [0.3, 0.4) is 0 Å². The van der Waals surface area contributed by atoms with E-state index >= 15 is 0 Å². The van der Waals surface area contributed by atoms with E-state index in [1.54, 1.807) is 43.0 Å². The SMILES string of the molecule is COc1cc2c(cc1-c1ccc(S(C)(=O)=O)cc1)N(C(=O)OC(C)C)CC(C)N2C(C)=O. The van der Waals surface area contributed by atoms with E-state index in [9.17, 15) is 18.0 Å². The van der Waals surface area contributed by atoms with Gasteiger partial charge in [-0.2, -0.15) is 0 Å². The molecule has 1 unspecified atom stereocenters. The second-order valence-corrected chi connectivity index (χ2v) is 10.1. The smallest absolute Gasteiger partial charge is 0.414 e. The maximum atomic E-state index is 12.9. The second kappa shape index (κ2) is 8.82. The molecule has 0 N–H and O–H groups in total. The van der Waals surface area contributed by atoms with Gasteiger partial charge in [0.15, 0.2) is 9.84 Å². The second-order valence-electron chi connectivity index (χ2n) is 8.12. The molecule has 0 aliphatic carbocycles. The van der Waals surface area contributed by atoms with E-state index < -0.39 is 15.9 Å². The van der Waals surface area contributed by atoms with Crippen LogP contribution in [0.25, 0.3) is 11.1 Å². The normalized spacial score (nSPS) is 16.0. The van der Waals surface area contributed by atoms with E-state index in [1.165, 1.54) is 31.1 Å². The number of rotatable bonds is 4. The number of hydrogen-bond acceptors (Lipinski definition) is 6. The molecule has 32 heavy (non-hydrogen) atoms. The van der Waals surface area contributed by atoms with Gasteiger partial charge in [0.2, 0.25) is 5.91 Å². The Kier molecular flexibility index (Phi) is 6.50. The first-order valence-corrected chi connectivity index (χ1v) is 12.1. The summed E-state index contributed by atoms with van der Waals surface area (Å²) in [5.41, 5.74) is 2.44. The van der Waals surface area contributed by atoms with Crippen molar-refractivity contribution < 1.29 is 27.5 Å². The van der Waals surface area contributed by atoms with Gasteiger partial charge in [-0.25, -0.2) is 13.2 Å². The van der Waals surface area contributed by atoms with E-state index in [0.717, 1.165) is 6.26 Å². The molecule has 0 radical (unpaired) electrons. The van der Waals surface area contributed by atoms with Crippen molar-refractivity contribution in [2.24, 2.45) is 0 Å². The molecule has 0 saturated carbocycles. The monoisotopic (exact) mass is 460 g/mol. The average molecular weight is 461 g/mol. The first-order chi connectivity index (χ1) is 14.9. The van der Waals surface area contributed by atoms with Gasteiger partial charge in [0.05, 0.1) is 35.5 Å². The van der Waals surface area contributed by atoms with E-state index in [2.05, 4.69) is 0 Å². The predicted molar refractivity (Wildman–Crippen MR) is 123 cm³/mol. The van der Waals surface area contributed by atoms with Gasteiger partial charge >= 0.3 is 6.09 Å². The first-order valence-electron chi connectivity index (χ1n) is 10.2. The van der Waals surface area contributed by atoms with Crippen LogP contribution in [0.1, 0.15) is 27.7 Å². The molecule has 3 rings (SSSR count). The molecule has 172 valence electrons. The van der Waals surface area contributed by atoms with Crippen molar-refractivity contribution in [3.8, 4) is 16.9 Å². The summed E-state index contributed by atoms with van der Waals surface area (Å²) in [7, 11) is -1.81. The van der Waals surface area contributed by atoms with E-state index in [1.807, 2.05) is 6.92 Å². The van der Waals surface area contributed by atoms with Crippen LogP contribution in [-0.2, 0) is 19.4 Å². The lowest BCUT2D eigenvalue weighted by Gasteiger charge is -2.40. The molecule has 2 aromatic rings. The summed E-state index contributed by atoms with van der Waals surface area (Å²) in [6, 6.07) is 9.66. The van der Waals surface area contributed by atoms with Crippen molar-refractivity contribution in [3.63, 3.8) is 0 Å². The number of fused-ring (bicyclic) bond motifs is 1. The van der Waals surface area contributed by atoms with Gasteiger partial charge in [-0.1, -0.05) is 12.1 Å². The van der Waals surface area contributed by atoms with Gasteiger partial charge in [-0.15, -0.1) is 0 Å². The number of ether oxygens (including phenoxy) is 2. The lowest BCUT2D eigenvalue weighted by atomic mass is 9.99. The third kappa shape index (κ3) is 4.57. The number of carbonyl (C=O) groups excluding carboxylic acids is 2.